The smallest absolute Gasteiger partial charge is 0.224 e. The first-order chi connectivity index (χ1) is 11.2. The van der Waals surface area contributed by atoms with E-state index in [1.165, 1.54) is 0 Å². The molecule has 1 aliphatic carbocycles. The summed E-state index contributed by atoms with van der Waals surface area (Å²) in [4.78, 5) is 12.9. The van der Waals surface area contributed by atoms with Crippen LogP contribution in [-0.2, 0) is 0 Å². The summed E-state index contributed by atoms with van der Waals surface area (Å²) in [7, 11) is 0. The number of aromatic amines is 1. The highest BCUT2D eigenvalue weighted by Crippen LogP contribution is 2.39. The van der Waals surface area contributed by atoms with Crippen molar-refractivity contribution in [2.24, 2.45) is 5.92 Å². The van der Waals surface area contributed by atoms with Crippen LogP contribution in [0.1, 0.15) is 24.6 Å². The van der Waals surface area contributed by atoms with Crippen molar-refractivity contribution in [2.45, 2.75) is 25.0 Å². The molecular weight excluding hydrogens is 294 g/mol. The molecule has 0 spiro atoms. The van der Waals surface area contributed by atoms with Gasteiger partial charge in [-0.1, -0.05) is 6.07 Å². The van der Waals surface area contributed by atoms with Gasteiger partial charge in [-0.05, 0) is 30.9 Å². The van der Waals surface area contributed by atoms with E-state index in [1.54, 1.807) is 12.4 Å². The van der Waals surface area contributed by atoms with Crippen molar-refractivity contribution >= 4 is 22.8 Å². The van der Waals surface area contributed by atoms with Crippen LogP contribution < -0.4 is 11.1 Å². The van der Waals surface area contributed by atoms with Gasteiger partial charge in [0, 0.05) is 6.20 Å². The van der Waals surface area contributed by atoms with Gasteiger partial charge in [-0.3, -0.25) is 10.1 Å². The van der Waals surface area contributed by atoms with Gasteiger partial charge in [0.25, 0.3) is 0 Å². The molecule has 3 heterocycles. The number of pyridine rings is 1. The van der Waals surface area contributed by atoms with Gasteiger partial charge in [0.1, 0.15) is 5.82 Å². The lowest BCUT2D eigenvalue weighted by Gasteiger charge is -2.38. The van der Waals surface area contributed by atoms with Crippen molar-refractivity contribution in [3.05, 3.63) is 36.3 Å². The predicted molar refractivity (Wildman–Crippen MR) is 85.4 cm³/mol. The van der Waals surface area contributed by atoms with Crippen molar-refractivity contribution in [3.8, 4) is 0 Å². The van der Waals surface area contributed by atoms with Gasteiger partial charge in [-0.2, -0.15) is 15.1 Å². The molecule has 4 rings (SSSR count). The third-order valence-electron chi connectivity index (χ3n) is 4.25. The van der Waals surface area contributed by atoms with Gasteiger partial charge in [-0.15, -0.1) is 0 Å². The Morgan fingerprint density at radius 3 is 2.91 bits per heavy atom. The molecule has 0 aromatic carbocycles. The number of fused-ring (bicyclic) bond motifs is 1. The van der Waals surface area contributed by atoms with Crippen LogP contribution >= 0.6 is 0 Å². The molecule has 118 valence electrons. The van der Waals surface area contributed by atoms with Crippen LogP contribution in [0, 0.1) is 5.92 Å². The van der Waals surface area contributed by atoms with Crippen molar-refractivity contribution in [1.82, 2.24) is 25.1 Å². The first-order valence-electron chi connectivity index (χ1n) is 7.53. The second-order valence-electron chi connectivity index (χ2n) is 5.82. The zero-order valence-electron chi connectivity index (χ0n) is 12.3. The molecule has 1 saturated carbocycles. The zero-order valence-corrected chi connectivity index (χ0v) is 12.3. The normalized spacial score (nSPS) is 21.8. The van der Waals surface area contributed by atoms with Gasteiger partial charge >= 0.3 is 0 Å². The molecule has 8 heteroatoms. The van der Waals surface area contributed by atoms with Crippen LogP contribution in [0.4, 0.5) is 11.8 Å². The minimum absolute atomic E-state index is 0.0491. The van der Waals surface area contributed by atoms with Crippen LogP contribution in [0.25, 0.3) is 11.0 Å². The maximum absolute atomic E-state index is 9.65. The molecule has 3 aromatic heterocycles. The van der Waals surface area contributed by atoms with Crippen LogP contribution in [-0.4, -0.2) is 36.4 Å². The van der Waals surface area contributed by atoms with Gasteiger partial charge in [0.05, 0.1) is 29.4 Å². The first-order valence-corrected chi connectivity index (χ1v) is 7.53. The number of aliphatic hydroxyl groups excluding tert-OH is 1. The summed E-state index contributed by atoms with van der Waals surface area (Å²) < 4.78 is 0. The number of aliphatic hydroxyl groups is 1. The molecule has 8 nitrogen and oxygen atoms in total. The SMILES string of the molecule is Nc1nc(N[C@@H](c2ccccn2)C2CC(O)C2)c2cn[nH]c2n1. The summed E-state index contributed by atoms with van der Waals surface area (Å²) in [6, 6.07) is 5.76. The van der Waals surface area contributed by atoms with Crippen molar-refractivity contribution in [2.75, 3.05) is 11.1 Å². The highest BCUT2D eigenvalue weighted by atomic mass is 16.3. The molecule has 0 amide bonds. The van der Waals surface area contributed by atoms with E-state index in [1.807, 2.05) is 18.2 Å². The van der Waals surface area contributed by atoms with Crippen molar-refractivity contribution in [3.63, 3.8) is 0 Å². The summed E-state index contributed by atoms with van der Waals surface area (Å²) in [5, 5.41) is 20.7. The van der Waals surface area contributed by atoms with E-state index in [0.29, 0.717) is 11.5 Å². The van der Waals surface area contributed by atoms with E-state index in [0.717, 1.165) is 23.9 Å². The number of H-pyrrole nitrogens is 1. The van der Waals surface area contributed by atoms with E-state index in [9.17, 15) is 5.11 Å². The van der Waals surface area contributed by atoms with Crippen LogP contribution in [0.3, 0.4) is 0 Å². The number of nitrogens with two attached hydrogens (primary N) is 1. The van der Waals surface area contributed by atoms with Crippen LogP contribution in [0.5, 0.6) is 0 Å². The summed E-state index contributed by atoms with van der Waals surface area (Å²) in [5.41, 5.74) is 7.28. The Hall–Kier alpha value is -2.74. The Morgan fingerprint density at radius 1 is 1.30 bits per heavy atom. The minimum atomic E-state index is -0.238. The highest BCUT2D eigenvalue weighted by Gasteiger charge is 2.36. The second kappa shape index (κ2) is 5.47. The molecule has 1 fully saturated rings. The lowest BCUT2D eigenvalue weighted by molar-refractivity contribution is 0.0334. The van der Waals surface area contributed by atoms with Gasteiger partial charge in [-0.25, -0.2) is 0 Å². The van der Waals surface area contributed by atoms with E-state index >= 15 is 0 Å². The predicted octanol–water partition coefficient (Wildman–Crippen LogP) is 1.25. The fourth-order valence-corrected chi connectivity index (χ4v) is 3.00. The van der Waals surface area contributed by atoms with Gasteiger partial charge < -0.3 is 16.2 Å². The number of nitrogens with one attached hydrogen (secondary N) is 2. The summed E-state index contributed by atoms with van der Waals surface area (Å²) >= 11 is 0. The molecular formula is C15H17N7O. The monoisotopic (exact) mass is 311 g/mol. The molecule has 1 aliphatic rings. The fourth-order valence-electron chi connectivity index (χ4n) is 3.00. The average molecular weight is 311 g/mol. The van der Waals surface area contributed by atoms with Crippen molar-refractivity contribution in [1.29, 1.82) is 0 Å². The number of anilines is 2. The number of nitrogen functional groups attached to an aromatic ring is 1. The lowest BCUT2D eigenvalue weighted by atomic mass is 9.76. The Labute approximate surface area is 132 Å². The van der Waals surface area contributed by atoms with E-state index in [2.05, 4.69) is 30.5 Å². The molecule has 0 bridgehead atoms. The fraction of sp³-hybridized carbons (Fsp3) is 0.333. The summed E-state index contributed by atoms with van der Waals surface area (Å²) in [6.07, 6.45) is 4.67. The number of nitrogens with zero attached hydrogens (tertiary/aromatic N) is 4. The number of aromatic nitrogens is 5. The Balaban J connectivity index is 1.71. The molecule has 0 radical (unpaired) electrons. The maximum Gasteiger partial charge on any atom is 0.224 e. The van der Waals surface area contributed by atoms with E-state index in [-0.39, 0.29) is 24.0 Å². The third-order valence-corrected chi connectivity index (χ3v) is 4.25. The Bertz CT molecular complexity index is 813. The molecule has 0 aliphatic heterocycles. The third kappa shape index (κ3) is 2.57. The molecule has 5 N–H and O–H groups in total. The molecule has 0 unspecified atom stereocenters. The molecule has 1 atom stereocenters. The second-order valence-corrected chi connectivity index (χ2v) is 5.82. The lowest BCUT2D eigenvalue weighted by Crippen LogP contribution is -2.36. The summed E-state index contributed by atoms with van der Waals surface area (Å²) in [5.74, 6) is 1.09. The van der Waals surface area contributed by atoms with E-state index < -0.39 is 0 Å². The molecule has 0 saturated heterocycles. The Kier molecular flexibility index (Phi) is 3.30. The van der Waals surface area contributed by atoms with Gasteiger partial charge in [0.15, 0.2) is 5.65 Å². The first kappa shape index (κ1) is 13.9. The van der Waals surface area contributed by atoms with E-state index in [4.69, 9.17) is 5.73 Å². The van der Waals surface area contributed by atoms with Crippen molar-refractivity contribution < 1.29 is 5.11 Å². The van der Waals surface area contributed by atoms with Gasteiger partial charge in [0.2, 0.25) is 5.95 Å². The number of hydrogen-bond donors (Lipinski definition) is 4. The zero-order chi connectivity index (χ0) is 15.8. The molecule has 3 aromatic rings. The quantitative estimate of drug-likeness (QED) is 0.571. The number of hydrogen-bond acceptors (Lipinski definition) is 7. The standard InChI is InChI=1S/C15H17N7O/c16-15-20-13(10-7-18-22-14(10)21-15)19-12(8-5-9(23)6-8)11-3-1-2-4-17-11/h1-4,7-9,12,23H,5-6H2,(H4,16,18,19,20,21,22)/t8?,9?,12-/m1/s1. The largest absolute Gasteiger partial charge is 0.393 e. The van der Waals surface area contributed by atoms with Crippen LogP contribution in [0.2, 0.25) is 0 Å². The molecule has 23 heavy (non-hydrogen) atoms. The number of rotatable bonds is 4. The minimum Gasteiger partial charge on any atom is -0.393 e. The topological polar surface area (TPSA) is 126 Å². The van der Waals surface area contributed by atoms with Crippen LogP contribution in [0.15, 0.2) is 30.6 Å². The maximum atomic E-state index is 9.65. The average Bonchev–Trinajstić information content (AvgIpc) is 2.99. The summed E-state index contributed by atoms with van der Waals surface area (Å²) in [6.45, 7) is 0. The Morgan fingerprint density at radius 2 is 2.17 bits per heavy atom. The highest BCUT2D eigenvalue weighted by molar-refractivity contribution is 5.86.